The molecule has 0 bridgehead atoms. The van der Waals surface area contributed by atoms with Crippen LogP contribution in [0.2, 0.25) is 0 Å². The second-order valence-electron chi connectivity index (χ2n) is 15.7. The molecule has 14 nitrogen and oxygen atoms in total. The Morgan fingerprint density at radius 3 is 2.52 bits per heavy atom. The molecule has 2 aromatic carbocycles. The molecule has 1 atom stereocenters. The molecule has 7 rings (SSSR count). The second kappa shape index (κ2) is 19.3. The summed E-state index contributed by atoms with van der Waals surface area (Å²) in [4.78, 5) is 84.1. The number of rotatable bonds is 17. The molecule has 4 heterocycles. The lowest BCUT2D eigenvalue weighted by molar-refractivity contribution is -0.136. The molecular formula is C42H51FN6O8S. The van der Waals surface area contributed by atoms with E-state index in [1.165, 1.54) is 6.07 Å². The summed E-state index contributed by atoms with van der Waals surface area (Å²) in [7, 11) is 0. The number of thioether (sulfide) groups is 1. The lowest BCUT2D eigenvalue weighted by atomic mass is 9.95. The van der Waals surface area contributed by atoms with Gasteiger partial charge in [0.2, 0.25) is 17.7 Å². The number of anilines is 1. The minimum atomic E-state index is -1.00. The molecule has 3 fully saturated rings. The molecule has 3 aromatic rings. The summed E-state index contributed by atoms with van der Waals surface area (Å²) in [5.74, 6) is -0.946. The number of unbranched alkanes of at least 4 members (excludes halogenated alkanes) is 4. The predicted octanol–water partition coefficient (Wildman–Crippen LogP) is 5.38. The Balaban J connectivity index is 0.762. The van der Waals surface area contributed by atoms with E-state index in [1.807, 2.05) is 0 Å². The van der Waals surface area contributed by atoms with Gasteiger partial charge in [-0.15, -0.1) is 0 Å². The van der Waals surface area contributed by atoms with Crippen molar-refractivity contribution in [3.8, 4) is 5.75 Å². The van der Waals surface area contributed by atoms with Crippen molar-refractivity contribution in [3.05, 3.63) is 63.5 Å². The molecule has 0 spiro atoms. The molecule has 1 aromatic heterocycles. The summed E-state index contributed by atoms with van der Waals surface area (Å²) in [6.07, 6.45) is 10.6. The first-order chi connectivity index (χ1) is 28.1. The van der Waals surface area contributed by atoms with Crippen molar-refractivity contribution < 1.29 is 37.8 Å². The van der Waals surface area contributed by atoms with Crippen molar-refractivity contribution in [1.29, 1.82) is 0 Å². The van der Waals surface area contributed by atoms with E-state index < -0.39 is 41.0 Å². The van der Waals surface area contributed by atoms with Gasteiger partial charge in [0.05, 0.1) is 29.0 Å². The maximum absolute atomic E-state index is 14.9. The largest absolute Gasteiger partial charge is 0.493 e. The average Bonchev–Trinajstić information content (AvgIpc) is 3.47. The van der Waals surface area contributed by atoms with E-state index in [0.29, 0.717) is 67.0 Å². The van der Waals surface area contributed by atoms with Crippen LogP contribution >= 0.6 is 11.8 Å². The highest BCUT2D eigenvalue weighted by Gasteiger charge is 2.45. The highest BCUT2D eigenvalue weighted by molar-refractivity contribution is 7.99. The van der Waals surface area contributed by atoms with Crippen molar-refractivity contribution in [3.63, 3.8) is 0 Å². The molecule has 0 radical (unpaired) electrons. The number of benzene rings is 2. The number of carbonyl (C=O) groups is 5. The number of ether oxygens (including phenoxy) is 2. The normalized spacial score (nSPS) is 21.3. The number of H-pyrrole nitrogens is 1. The van der Waals surface area contributed by atoms with Gasteiger partial charge in [-0.2, -0.15) is 11.8 Å². The first-order valence-electron chi connectivity index (χ1n) is 20.6. The quantitative estimate of drug-likeness (QED) is 0.101. The van der Waals surface area contributed by atoms with Gasteiger partial charge in [-0.05, 0) is 75.8 Å². The SMILES string of the molecule is O=C1CCC(N2C(=O)c3cccc(NCCCCCCCC(=O)NC4CCC(SCc5nc6cc(OCC7CCOCC7)cc(F)c6c(=O)[nH]5)CC4)c3C2=O)C(=O)N1. The maximum atomic E-state index is 14.9. The van der Waals surface area contributed by atoms with Crippen LogP contribution in [0.25, 0.3) is 10.9 Å². The molecular weight excluding hydrogens is 768 g/mol. The Morgan fingerprint density at radius 1 is 0.948 bits per heavy atom. The molecule has 58 heavy (non-hydrogen) atoms. The predicted molar refractivity (Wildman–Crippen MR) is 216 cm³/mol. The lowest BCUT2D eigenvalue weighted by Crippen LogP contribution is -2.54. The molecule has 4 N–H and O–H groups in total. The molecule has 2 saturated heterocycles. The number of halogens is 1. The monoisotopic (exact) mass is 818 g/mol. The van der Waals surface area contributed by atoms with Crippen molar-refractivity contribution >= 4 is 57.9 Å². The van der Waals surface area contributed by atoms with Crippen LogP contribution in [-0.4, -0.2) is 88.1 Å². The van der Waals surface area contributed by atoms with Crippen molar-refractivity contribution in [2.75, 3.05) is 31.7 Å². The zero-order valence-corrected chi connectivity index (χ0v) is 33.4. The van der Waals surface area contributed by atoms with Gasteiger partial charge in [-0.1, -0.05) is 25.3 Å². The van der Waals surface area contributed by atoms with Crippen LogP contribution in [0.4, 0.5) is 10.1 Å². The standard InChI is InChI=1S/C42H51FN6O8S/c43-30-21-27(57-23-25-16-19-56-20-17-25)22-32-38(30)40(53)47-34(46-32)24-58-28-12-10-26(11-13-28)45-35(50)9-4-2-1-3-5-18-44-31-8-6-7-29-37(31)42(55)49(41(29)54)33-14-15-36(51)48-39(33)52/h6-8,21-22,25-26,28,33,44H,1-5,9-20,23-24H2,(H,45,50)(H,46,47,53)(H,48,51,52). The first-order valence-corrected chi connectivity index (χ1v) is 21.6. The van der Waals surface area contributed by atoms with Crippen molar-refractivity contribution in [1.82, 2.24) is 25.5 Å². The number of nitrogens with one attached hydrogen (secondary N) is 4. The summed E-state index contributed by atoms with van der Waals surface area (Å²) in [5, 5.41) is 9.00. The number of aromatic amines is 1. The minimum absolute atomic E-state index is 0.0637. The van der Waals surface area contributed by atoms with Crippen LogP contribution in [0.5, 0.6) is 5.75 Å². The summed E-state index contributed by atoms with van der Waals surface area (Å²) >= 11 is 1.72. The zero-order chi connectivity index (χ0) is 40.6. The summed E-state index contributed by atoms with van der Waals surface area (Å²) < 4.78 is 26.2. The molecule has 3 aliphatic heterocycles. The molecule has 1 unspecified atom stereocenters. The zero-order valence-electron chi connectivity index (χ0n) is 32.6. The molecule has 5 amide bonds. The summed E-state index contributed by atoms with van der Waals surface area (Å²) in [6.45, 7) is 2.48. The van der Waals surface area contributed by atoms with Gasteiger partial charge in [0.15, 0.2) is 0 Å². The fourth-order valence-electron chi connectivity index (χ4n) is 8.22. The van der Waals surface area contributed by atoms with Crippen LogP contribution < -0.4 is 26.2 Å². The van der Waals surface area contributed by atoms with Gasteiger partial charge in [-0.3, -0.25) is 39.0 Å². The van der Waals surface area contributed by atoms with Gasteiger partial charge < -0.3 is 25.1 Å². The fourth-order valence-corrected chi connectivity index (χ4v) is 9.36. The van der Waals surface area contributed by atoms with Gasteiger partial charge in [0.25, 0.3) is 17.4 Å². The highest BCUT2D eigenvalue weighted by atomic mass is 32.2. The van der Waals surface area contributed by atoms with Crippen LogP contribution in [0.1, 0.15) is 116 Å². The first kappa shape index (κ1) is 41.3. The maximum Gasteiger partial charge on any atom is 0.264 e. The lowest BCUT2D eigenvalue weighted by Gasteiger charge is -2.28. The average molecular weight is 819 g/mol. The summed E-state index contributed by atoms with van der Waals surface area (Å²) in [6, 6.07) is 7.08. The van der Waals surface area contributed by atoms with Crippen LogP contribution in [0.15, 0.2) is 35.1 Å². The number of hydrogen-bond donors (Lipinski definition) is 4. The van der Waals surface area contributed by atoms with E-state index in [4.69, 9.17) is 9.47 Å². The van der Waals surface area contributed by atoms with Crippen molar-refractivity contribution in [2.45, 2.75) is 113 Å². The van der Waals surface area contributed by atoms with Gasteiger partial charge in [-0.25, -0.2) is 9.37 Å². The van der Waals surface area contributed by atoms with E-state index in [2.05, 4.69) is 25.9 Å². The van der Waals surface area contributed by atoms with Crippen LogP contribution in [0, 0.1) is 11.7 Å². The number of amides is 5. The molecule has 310 valence electrons. The number of imide groups is 2. The van der Waals surface area contributed by atoms with Crippen LogP contribution in [-0.2, 0) is 24.9 Å². The molecule has 1 saturated carbocycles. The number of piperidine rings is 1. The van der Waals surface area contributed by atoms with Gasteiger partial charge in [0.1, 0.15) is 28.8 Å². The number of hydrogen-bond acceptors (Lipinski definition) is 11. The van der Waals surface area contributed by atoms with Gasteiger partial charge in [0, 0.05) is 61.7 Å². The molecule has 1 aliphatic carbocycles. The summed E-state index contributed by atoms with van der Waals surface area (Å²) in [5.41, 5.74) is 0.847. The number of carbonyl (C=O) groups excluding carboxylic acids is 5. The Bertz CT molecular complexity index is 2080. The highest BCUT2D eigenvalue weighted by Crippen LogP contribution is 2.33. The van der Waals surface area contributed by atoms with E-state index in [0.717, 1.165) is 75.5 Å². The van der Waals surface area contributed by atoms with E-state index in [1.54, 1.807) is 36.0 Å². The van der Waals surface area contributed by atoms with Crippen LogP contribution in [0.3, 0.4) is 0 Å². The third-order valence-electron chi connectivity index (χ3n) is 11.5. The minimum Gasteiger partial charge on any atom is -0.493 e. The Kier molecular flexibility index (Phi) is 13.7. The number of fused-ring (bicyclic) bond motifs is 2. The molecule has 16 heteroatoms. The topological polar surface area (TPSA) is 189 Å². The number of aromatic nitrogens is 2. The van der Waals surface area contributed by atoms with E-state index in [-0.39, 0.29) is 46.8 Å². The van der Waals surface area contributed by atoms with E-state index >= 15 is 0 Å². The fraction of sp³-hybridized carbons (Fsp3) is 0.548. The van der Waals surface area contributed by atoms with Gasteiger partial charge >= 0.3 is 0 Å². The molecule has 4 aliphatic rings. The smallest absolute Gasteiger partial charge is 0.264 e. The Hall–Kier alpha value is -4.83. The number of nitrogens with zero attached hydrogens (tertiary/aromatic N) is 2. The second-order valence-corrected chi connectivity index (χ2v) is 16.9. The van der Waals surface area contributed by atoms with E-state index in [9.17, 15) is 33.2 Å². The Morgan fingerprint density at radius 2 is 1.72 bits per heavy atom. The van der Waals surface area contributed by atoms with Crippen molar-refractivity contribution in [2.24, 2.45) is 5.92 Å². The third-order valence-corrected chi connectivity index (χ3v) is 12.9. The third kappa shape index (κ3) is 10.1. The Labute approximate surface area is 340 Å².